The van der Waals surface area contributed by atoms with E-state index in [1.807, 2.05) is 0 Å². The largest absolute Gasteiger partial charge is 0.396 e. The van der Waals surface area contributed by atoms with Crippen LogP contribution in [0.1, 0.15) is 17.2 Å². The summed E-state index contributed by atoms with van der Waals surface area (Å²) in [5.41, 5.74) is -0.0948. The number of nitrogens with zero attached hydrogens (tertiary/aromatic N) is 1. The summed E-state index contributed by atoms with van der Waals surface area (Å²) in [6, 6.07) is 1.89. The first-order valence-electron chi connectivity index (χ1n) is 5.23. The van der Waals surface area contributed by atoms with E-state index in [1.165, 1.54) is 6.07 Å². The Morgan fingerprint density at radius 2 is 2.17 bits per heavy atom. The van der Waals surface area contributed by atoms with E-state index in [4.69, 9.17) is 0 Å². The monoisotopic (exact) mass is 277 g/mol. The predicted molar refractivity (Wildman–Crippen MR) is 61.1 cm³/mol. The van der Waals surface area contributed by atoms with Crippen LogP contribution >= 0.6 is 11.3 Å². The van der Waals surface area contributed by atoms with Crippen molar-refractivity contribution < 1.29 is 18.1 Å². The molecule has 1 saturated carbocycles. The minimum atomic E-state index is -4.49. The Hall–Kier alpha value is -1.37. The Bertz CT molecular complexity index is 469. The number of alkyl halides is 3. The normalized spacial score (nSPS) is 28.6. The van der Waals surface area contributed by atoms with Gasteiger partial charge >= 0.3 is 6.18 Å². The average Bonchev–Trinajstić information content (AvgIpc) is 2.81. The zero-order chi connectivity index (χ0) is 13.5. The summed E-state index contributed by atoms with van der Waals surface area (Å²) in [7, 11) is 0. The summed E-state index contributed by atoms with van der Waals surface area (Å²) in [6.07, 6.45) is -4.70. The van der Waals surface area contributed by atoms with E-state index >= 15 is 0 Å². The van der Waals surface area contributed by atoms with Crippen molar-refractivity contribution in [3.63, 3.8) is 0 Å². The second-order valence-electron chi connectivity index (χ2n) is 4.28. The fraction of sp³-hybridized carbons (Fsp3) is 0.455. The lowest BCUT2D eigenvalue weighted by Gasteiger charge is -2.22. The third-order valence-electron chi connectivity index (χ3n) is 3.18. The summed E-state index contributed by atoms with van der Waals surface area (Å²) >= 11 is 1.12. The molecule has 3 atom stereocenters. The minimum absolute atomic E-state index is 0.0948. The van der Waals surface area contributed by atoms with Gasteiger partial charge in [-0.3, -0.25) is 10.1 Å². The number of halogens is 3. The van der Waals surface area contributed by atoms with Gasteiger partial charge in [0.25, 0.3) is 0 Å². The van der Waals surface area contributed by atoms with Gasteiger partial charge in [-0.15, -0.1) is 11.3 Å². The van der Waals surface area contributed by atoms with Crippen molar-refractivity contribution in [2.45, 2.75) is 24.6 Å². The zero-order valence-corrected chi connectivity index (χ0v) is 10.0. The van der Waals surface area contributed by atoms with Crippen molar-refractivity contribution in [1.82, 2.24) is 0 Å². The van der Waals surface area contributed by atoms with Gasteiger partial charge in [0.2, 0.25) is 6.04 Å². The molecule has 18 heavy (non-hydrogen) atoms. The molecule has 3 nitrogen and oxygen atoms in total. The molecule has 1 heterocycles. The first kappa shape index (κ1) is 13.1. The molecule has 0 saturated heterocycles. The van der Waals surface area contributed by atoms with Crippen LogP contribution in [-0.2, 0) is 0 Å². The van der Waals surface area contributed by atoms with E-state index in [0.29, 0.717) is 4.88 Å². The molecule has 7 heteroatoms. The quantitative estimate of drug-likeness (QED) is 0.471. The number of hydrogen-bond donors (Lipinski definition) is 0. The molecule has 0 radical (unpaired) electrons. The molecule has 0 aromatic carbocycles. The number of thiophene rings is 1. The van der Waals surface area contributed by atoms with Gasteiger partial charge in [-0.1, -0.05) is 18.2 Å². The predicted octanol–water partition coefficient (Wildman–Crippen LogP) is 3.62. The highest BCUT2D eigenvalue weighted by atomic mass is 32.1. The van der Waals surface area contributed by atoms with Crippen LogP contribution in [0.3, 0.4) is 0 Å². The molecule has 1 aliphatic rings. The van der Waals surface area contributed by atoms with Crippen LogP contribution in [0, 0.1) is 16.0 Å². The zero-order valence-electron chi connectivity index (χ0n) is 9.18. The van der Waals surface area contributed by atoms with Gasteiger partial charge in [-0.25, -0.2) is 0 Å². The molecular weight excluding hydrogens is 267 g/mol. The third-order valence-corrected chi connectivity index (χ3v) is 4.15. The standard InChI is InChI=1S/C11H10F3NO2S/c1-6-5-7(15(16)17)9(8-3-2-4-18-8)10(6)11(12,13)14/h2-4,7,9-10H,1,5H2/t7-,9-,10-/m0/s1. The van der Waals surface area contributed by atoms with Crippen molar-refractivity contribution in [3.05, 3.63) is 44.7 Å². The van der Waals surface area contributed by atoms with E-state index in [9.17, 15) is 23.3 Å². The van der Waals surface area contributed by atoms with Crippen molar-refractivity contribution in [1.29, 1.82) is 0 Å². The molecule has 0 aliphatic heterocycles. The molecule has 1 aliphatic carbocycles. The Balaban J connectivity index is 2.45. The van der Waals surface area contributed by atoms with Gasteiger partial charge in [-0.2, -0.15) is 13.2 Å². The molecule has 0 bridgehead atoms. The highest BCUT2D eigenvalue weighted by Gasteiger charge is 2.58. The second-order valence-corrected chi connectivity index (χ2v) is 5.25. The Labute approximate surface area is 105 Å². The van der Waals surface area contributed by atoms with Crippen molar-refractivity contribution in [2.75, 3.05) is 0 Å². The SMILES string of the molecule is C=C1C[C@H]([N+](=O)[O-])[C@@H](c2cccs2)[C@H]1C(F)(F)F. The minimum Gasteiger partial charge on any atom is -0.264 e. The summed E-state index contributed by atoms with van der Waals surface area (Å²) in [5, 5.41) is 12.6. The van der Waals surface area contributed by atoms with Gasteiger partial charge in [0, 0.05) is 16.2 Å². The van der Waals surface area contributed by atoms with Crippen molar-refractivity contribution in [3.8, 4) is 0 Å². The average molecular weight is 277 g/mol. The maximum Gasteiger partial charge on any atom is 0.396 e. The molecule has 0 amide bonds. The van der Waals surface area contributed by atoms with E-state index < -0.39 is 29.0 Å². The number of hydrogen-bond acceptors (Lipinski definition) is 3. The van der Waals surface area contributed by atoms with E-state index in [2.05, 4.69) is 6.58 Å². The Morgan fingerprint density at radius 3 is 2.61 bits per heavy atom. The Morgan fingerprint density at radius 1 is 1.50 bits per heavy atom. The molecule has 98 valence electrons. The van der Waals surface area contributed by atoms with Crippen LogP contribution in [0.4, 0.5) is 13.2 Å². The van der Waals surface area contributed by atoms with Crippen LogP contribution in [0.2, 0.25) is 0 Å². The van der Waals surface area contributed by atoms with Gasteiger partial charge in [0.05, 0.1) is 11.8 Å². The van der Waals surface area contributed by atoms with E-state index in [1.54, 1.807) is 11.4 Å². The van der Waals surface area contributed by atoms with Gasteiger partial charge in [0.1, 0.15) is 0 Å². The van der Waals surface area contributed by atoms with Gasteiger partial charge < -0.3 is 0 Å². The second kappa shape index (κ2) is 4.38. The first-order chi connectivity index (χ1) is 8.32. The molecule has 1 fully saturated rings. The molecule has 0 unspecified atom stereocenters. The van der Waals surface area contributed by atoms with Crippen LogP contribution < -0.4 is 0 Å². The van der Waals surface area contributed by atoms with Crippen molar-refractivity contribution in [2.24, 2.45) is 5.92 Å². The molecule has 1 aromatic rings. The highest BCUT2D eigenvalue weighted by Crippen LogP contribution is 2.52. The molecule has 2 rings (SSSR count). The summed E-state index contributed by atoms with van der Waals surface area (Å²) in [4.78, 5) is 10.7. The maximum atomic E-state index is 13.0. The third kappa shape index (κ3) is 2.14. The first-order valence-corrected chi connectivity index (χ1v) is 6.11. The van der Waals surface area contributed by atoms with E-state index in [-0.39, 0.29) is 12.0 Å². The van der Waals surface area contributed by atoms with Crippen molar-refractivity contribution >= 4 is 11.3 Å². The lowest BCUT2D eigenvalue weighted by molar-refractivity contribution is -0.524. The van der Waals surface area contributed by atoms with Crippen LogP contribution in [0.5, 0.6) is 0 Å². The van der Waals surface area contributed by atoms with Gasteiger partial charge in [0.15, 0.2) is 0 Å². The lowest BCUT2D eigenvalue weighted by atomic mass is 9.90. The van der Waals surface area contributed by atoms with Gasteiger partial charge in [-0.05, 0) is 11.4 Å². The fourth-order valence-electron chi connectivity index (χ4n) is 2.47. The molecular formula is C11H10F3NO2S. The highest BCUT2D eigenvalue weighted by molar-refractivity contribution is 7.10. The summed E-state index contributed by atoms with van der Waals surface area (Å²) in [6.45, 7) is 3.38. The summed E-state index contributed by atoms with van der Waals surface area (Å²) < 4.78 is 39.0. The van der Waals surface area contributed by atoms with Crippen LogP contribution in [-0.4, -0.2) is 17.1 Å². The number of rotatable bonds is 2. The smallest absolute Gasteiger partial charge is 0.264 e. The summed E-state index contributed by atoms with van der Waals surface area (Å²) in [5.74, 6) is -2.96. The Kier molecular flexibility index (Phi) is 3.18. The van der Waals surface area contributed by atoms with Crippen LogP contribution in [0.25, 0.3) is 0 Å². The van der Waals surface area contributed by atoms with Crippen LogP contribution in [0.15, 0.2) is 29.7 Å². The lowest BCUT2D eigenvalue weighted by Crippen LogP contribution is -2.31. The fourth-order valence-corrected chi connectivity index (χ4v) is 3.40. The van der Waals surface area contributed by atoms with E-state index in [0.717, 1.165) is 11.3 Å². The molecule has 0 spiro atoms. The molecule has 0 N–H and O–H groups in total. The number of nitro groups is 1. The molecule has 1 aromatic heterocycles. The topological polar surface area (TPSA) is 43.1 Å². The maximum absolute atomic E-state index is 13.0.